The molecule has 87 heavy (non-hydrogen) atoms. The summed E-state index contributed by atoms with van der Waals surface area (Å²) in [7, 11) is 5.53. The van der Waals surface area contributed by atoms with Crippen LogP contribution in [0.4, 0.5) is 5.69 Å². The second-order valence-electron chi connectivity index (χ2n) is 24.2. The van der Waals surface area contributed by atoms with Gasteiger partial charge in [0.15, 0.2) is 12.0 Å². The highest BCUT2D eigenvalue weighted by Gasteiger charge is 2.51. The smallest absolute Gasteiger partial charge is 0.294 e. The van der Waals surface area contributed by atoms with Crippen molar-refractivity contribution in [1.82, 2.24) is 25.8 Å². The summed E-state index contributed by atoms with van der Waals surface area (Å²) in [5.74, 6) is -9.05. The molecular formula is C63H85N7O17+2. The third-order valence-corrected chi connectivity index (χ3v) is 16.3. The van der Waals surface area contributed by atoms with E-state index in [2.05, 4.69) is 22.9 Å². The van der Waals surface area contributed by atoms with E-state index in [1.807, 2.05) is 69.7 Å². The average Bonchev–Trinajstić information content (AvgIpc) is 1.96. The number of aliphatic hydroxyl groups excluding tert-OH is 7. The number of hydrogen-bond donors (Lipinski definition) is 11. The van der Waals surface area contributed by atoms with Crippen molar-refractivity contribution < 1.29 is 88.3 Å². The third-order valence-electron chi connectivity index (χ3n) is 16.3. The van der Waals surface area contributed by atoms with Crippen LogP contribution in [0.5, 0.6) is 11.5 Å². The number of benzene rings is 4. The summed E-state index contributed by atoms with van der Waals surface area (Å²) in [5, 5.41) is 98.0. The summed E-state index contributed by atoms with van der Waals surface area (Å²) in [6.45, 7) is 5.85. The first-order valence-corrected chi connectivity index (χ1v) is 29.6. The van der Waals surface area contributed by atoms with E-state index >= 15 is 0 Å². The highest BCUT2D eigenvalue weighted by atomic mass is 16.5. The number of phenolic OH excluding ortho intramolecular Hbond substituents is 1. The highest BCUT2D eigenvalue weighted by molar-refractivity contribution is 5.98. The Morgan fingerprint density at radius 3 is 1.76 bits per heavy atom. The second-order valence-corrected chi connectivity index (χ2v) is 24.2. The molecule has 0 unspecified atom stereocenters. The molecule has 3 saturated heterocycles. The molecule has 3 aliphatic rings. The number of quaternary nitrogens is 1. The number of fused-ring (bicyclic) bond motifs is 2. The number of Topliss-reactive ketones (excluding diaryl/α,β-unsaturated/α-hetero) is 1. The molecule has 0 aliphatic carbocycles. The van der Waals surface area contributed by atoms with Gasteiger partial charge in [-0.15, -0.1) is 0 Å². The summed E-state index contributed by atoms with van der Waals surface area (Å²) in [6.07, 6.45) is -13.5. The minimum Gasteiger partial charge on any atom is -0.508 e. The Bertz CT molecular complexity index is 3010. The first-order valence-electron chi connectivity index (χ1n) is 29.6. The second kappa shape index (κ2) is 29.6. The SMILES string of the molecule is CCCCCOc1ccc(-c2ccc(-c3ccc([N+](=O)[C@H]4C[C@@H](O)[C@@H](OCC[N+](C)(C)C)NC(=O)[C@@H]5[C@@H](O)[C@@H](C)CN5C(=O)[C@H]([C@@H](C)O)NC(=O)[C@H]([C@H](O)[C@@H](O)c5ccc(O)cc5)CC(=O)[C@@H]5C[C@@H](O)CN5C(=O)[C@H]([C@@H](C)O)NC4=O)cc3)cc2)cc1. The van der Waals surface area contributed by atoms with Gasteiger partial charge in [0.25, 0.3) is 17.6 Å². The van der Waals surface area contributed by atoms with Crippen LogP contribution in [-0.4, -0.2) is 222 Å². The standard InChI is InChI=1S/C63H83N7O17/c1-8-9-10-28-86-46-25-19-41(20-26-46)39-13-11-38(12-14-39)40-15-21-43(22-16-40)69(85)49-32-51(76)61(87-29-27-70(5,6)7)66-60(82)54-55(77)35(2)33-68(54)63(84)53(37(4)72)64-58(80)47(57(79)56(78)42-17-23-44(73)24-18-42)31-50(75)48-30-45(74)34-67(48)62(83)52(36(3)71)65-59(49)81/h11-26,35-37,45,47-49,51-57,61,71-72,74,76-79H,8-10,27-34H2,1-7H3,(H2-2,64,65,66,73,80,81,82)/p+2/t35-,36+,37+,45+,47-,48-,49-,51+,52-,53-,54-,55-,56-,57-,61+/m0/s1. The highest BCUT2D eigenvalue weighted by Crippen LogP contribution is 2.33. The van der Waals surface area contributed by atoms with E-state index in [4.69, 9.17) is 9.47 Å². The monoisotopic (exact) mass is 1210 g/mol. The number of carbonyl (C=O) groups excluding carboxylic acids is 6. The average molecular weight is 1210 g/mol. The van der Waals surface area contributed by atoms with Gasteiger partial charge in [0.1, 0.15) is 48.4 Å². The van der Waals surface area contributed by atoms with Crippen molar-refractivity contribution in [3.8, 4) is 33.8 Å². The number of likely N-dealkylation sites (N-methyl/N-ethyl adjacent to an activating group) is 1. The van der Waals surface area contributed by atoms with Crippen LogP contribution in [0.2, 0.25) is 0 Å². The van der Waals surface area contributed by atoms with Crippen LogP contribution < -0.4 is 20.7 Å². The zero-order chi connectivity index (χ0) is 63.6. The van der Waals surface area contributed by atoms with Gasteiger partial charge in [-0.3, -0.25) is 28.8 Å². The van der Waals surface area contributed by atoms with Gasteiger partial charge in [0.2, 0.25) is 23.6 Å². The van der Waals surface area contributed by atoms with Gasteiger partial charge in [-0.05, 0) is 84.5 Å². The number of phenols is 1. The van der Waals surface area contributed by atoms with Crippen LogP contribution in [0, 0.1) is 16.7 Å². The quantitative estimate of drug-likeness (QED) is 0.0383. The van der Waals surface area contributed by atoms with Crippen LogP contribution in [0.1, 0.15) is 77.9 Å². The molecule has 3 fully saturated rings. The molecule has 15 atom stereocenters. The van der Waals surface area contributed by atoms with Crippen molar-refractivity contribution in [2.75, 3.05) is 54.0 Å². The summed E-state index contributed by atoms with van der Waals surface area (Å²) in [5.41, 5.74) is 3.23. The van der Waals surface area contributed by atoms with Crippen molar-refractivity contribution in [3.63, 3.8) is 0 Å². The largest absolute Gasteiger partial charge is 0.508 e. The first-order chi connectivity index (χ1) is 41.2. The number of nitrogens with zero attached hydrogens (tertiary/aromatic N) is 4. The fourth-order valence-electron chi connectivity index (χ4n) is 11.1. The summed E-state index contributed by atoms with van der Waals surface area (Å²) < 4.78 is 12.6. The number of ketones is 1. The summed E-state index contributed by atoms with van der Waals surface area (Å²) in [4.78, 5) is 105. The van der Waals surface area contributed by atoms with Crippen molar-refractivity contribution in [3.05, 3.63) is 108 Å². The predicted octanol–water partition coefficient (Wildman–Crippen LogP) is 1.57. The first kappa shape index (κ1) is 67.3. The minimum absolute atomic E-state index is 0.0244. The number of aromatic hydroxyl groups is 1. The Balaban J connectivity index is 1.26. The number of unbranched alkanes of at least 4 members (excludes halogenated alkanes) is 2. The van der Waals surface area contributed by atoms with E-state index in [0.717, 1.165) is 65.3 Å². The molecule has 11 N–H and O–H groups in total. The van der Waals surface area contributed by atoms with Crippen LogP contribution >= 0.6 is 0 Å². The fraction of sp³-hybridized carbons (Fsp3) is 0.524. The maximum absolute atomic E-state index is 14.9. The molecule has 3 heterocycles. The lowest BCUT2D eigenvalue weighted by Crippen LogP contribution is -2.61. The van der Waals surface area contributed by atoms with E-state index in [1.165, 1.54) is 43.3 Å². The van der Waals surface area contributed by atoms with E-state index in [0.29, 0.717) is 16.7 Å². The number of hydrogen-bond acceptors (Lipinski definition) is 17. The van der Waals surface area contributed by atoms with Crippen molar-refractivity contribution in [1.29, 1.82) is 0 Å². The maximum atomic E-state index is 14.9. The van der Waals surface area contributed by atoms with Gasteiger partial charge in [-0.25, -0.2) is 0 Å². The van der Waals surface area contributed by atoms with Gasteiger partial charge in [0, 0.05) is 53.6 Å². The number of rotatable bonds is 18. The maximum Gasteiger partial charge on any atom is 0.294 e. The Morgan fingerprint density at radius 1 is 0.667 bits per heavy atom. The topological polar surface area (TPSA) is 345 Å². The van der Waals surface area contributed by atoms with Crippen molar-refractivity contribution >= 4 is 41.0 Å². The molecule has 0 saturated carbocycles. The molecule has 5 amide bonds. The molecule has 4 aromatic carbocycles. The molecule has 24 heteroatoms. The van der Waals surface area contributed by atoms with Crippen molar-refractivity contribution in [2.45, 2.75) is 145 Å². The summed E-state index contributed by atoms with van der Waals surface area (Å²) >= 11 is 0. The number of nitroso groups, excluding NO2 is 1. The normalized spacial score (nSPS) is 27.0. The molecule has 3 aliphatic heterocycles. The van der Waals surface area contributed by atoms with Gasteiger partial charge < -0.3 is 80.6 Å². The zero-order valence-corrected chi connectivity index (χ0v) is 50.2. The van der Waals surface area contributed by atoms with Gasteiger partial charge in [-0.2, -0.15) is 0 Å². The van der Waals surface area contributed by atoms with Gasteiger partial charge in [0.05, 0.1) is 83.3 Å². The summed E-state index contributed by atoms with van der Waals surface area (Å²) in [6, 6.07) is 17.2. The fourth-order valence-corrected chi connectivity index (χ4v) is 11.1. The number of ether oxygens (including phenoxy) is 2. The molecule has 7 rings (SSSR count). The Labute approximate surface area is 505 Å². The lowest BCUT2D eigenvalue weighted by atomic mass is 9.86. The third kappa shape index (κ3) is 16.9. The number of carbonyl (C=O) groups is 6. The van der Waals surface area contributed by atoms with Crippen LogP contribution in [0.15, 0.2) is 97.1 Å². The van der Waals surface area contributed by atoms with Crippen LogP contribution in [-0.2, 0) is 33.5 Å². The van der Waals surface area contributed by atoms with Crippen LogP contribution in [0.3, 0.4) is 0 Å². The van der Waals surface area contributed by atoms with E-state index in [1.54, 1.807) is 12.1 Å². The molecule has 4 aromatic rings. The Morgan fingerprint density at radius 2 is 1.21 bits per heavy atom. The van der Waals surface area contributed by atoms with Gasteiger partial charge >= 0.3 is 0 Å². The van der Waals surface area contributed by atoms with E-state index in [9.17, 15) is 74.5 Å². The minimum atomic E-state index is -2.18. The predicted molar refractivity (Wildman–Crippen MR) is 317 cm³/mol. The lowest BCUT2D eigenvalue weighted by Gasteiger charge is -2.34. The molecule has 24 nitrogen and oxygen atoms in total. The van der Waals surface area contributed by atoms with Crippen molar-refractivity contribution in [2.24, 2.45) is 11.8 Å². The molecule has 472 valence electrons. The van der Waals surface area contributed by atoms with E-state index in [-0.39, 0.29) is 41.5 Å². The lowest BCUT2D eigenvalue weighted by molar-refractivity contribution is -0.870. The molecule has 0 aromatic heterocycles. The number of aliphatic hydroxyl groups is 7. The Hall–Kier alpha value is -7.26. The number of amides is 5. The molecule has 0 radical (unpaired) electrons. The molecular weight excluding hydrogens is 1130 g/mol. The molecule has 0 spiro atoms. The molecule has 0 bridgehead atoms. The Kier molecular flexibility index (Phi) is 22.9. The number of nitrogens with one attached hydrogen (secondary N) is 3. The van der Waals surface area contributed by atoms with Crippen LogP contribution in [0.25, 0.3) is 22.3 Å². The van der Waals surface area contributed by atoms with E-state index < -0.39 is 152 Å². The van der Waals surface area contributed by atoms with Gasteiger partial charge in [-0.1, -0.05) is 75.2 Å². The zero-order valence-electron chi connectivity index (χ0n) is 50.2.